The summed E-state index contributed by atoms with van der Waals surface area (Å²) >= 11 is 0. The van der Waals surface area contributed by atoms with E-state index in [-0.39, 0.29) is 5.91 Å². The van der Waals surface area contributed by atoms with E-state index in [2.05, 4.69) is 55.6 Å². The van der Waals surface area contributed by atoms with Crippen LogP contribution in [0.5, 0.6) is 0 Å². The van der Waals surface area contributed by atoms with Gasteiger partial charge in [-0.2, -0.15) is 0 Å². The van der Waals surface area contributed by atoms with Gasteiger partial charge in [-0.1, -0.05) is 30.3 Å². The van der Waals surface area contributed by atoms with E-state index < -0.39 is 0 Å². The third kappa shape index (κ3) is 3.54. The Morgan fingerprint density at radius 1 is 1.15 bits per heavy atom. The molecule has 1 amide bonds. The molecule has 1 saturated carbocycles. The Bertz CT molecular complexity index is 836. The number of hydrogen-bond donors (Lipinski definition) is 1. The number of amides is 1. The van der Waals surface area contributed by atoms with Crippen LogP contribution in [0.1, 0.15) is 34.5 Å². The van der Waals surface area contributed by atoms with Crippen LogP contribution in [0, 0.1) is 5.92 Å². The highest BCUT2D eigenvalue weighted by molar-refractivity contribution is 5.92. The summed E-state index contributed by atoms with van der Waals surface area (Å²) in [4.78, 5) is 17.2. The number of nitrogens with one attached hydrogen (secondary N) is 1. The van der Waals surface area contributed by atoms with Crippen LogP contribution < -0.4 is 10.2 Å². The molecule has 1 aliphatic carbocycles. The minimum absolute atomic E-state index is 0.0900. The average molecular weight is 363 g/mol. The molecule has 2 aromatic rings. The summed E-state index contributed by atoms with van der Waals surface area (Å²) in [5.74, 6) is 1.55. The fourth-order valence-corrected chi connectivity index (χ4v) is 4.19. The quantitative estimate of drug-likeness (QED) is 0.879. The molecule has 0 bridgehead atoms. The number of rotatable bonds is 5. The van der Waals surface area contributed by atoms with Crippen molar-refractivity contribution in [3.8, 4) is 0 Å². The van der Waals surface area contributed by atoms with Gasteiger partial charge < -0.3 is 10.2 Å². The van der Waals surface area contributed by atoms with Crippen molar-refractivity contribution in [1.82, 2.24) is 20.4 Å². The highest BCUT2D eigenvalue weighted by Gasteiger charge is 2.36. The molecule has 140 valence electrons. The maximum absolute atomic E-state index is 12.3. The third-order valence-electron chi connectivity index (χ3n) is 5.87. The molecule has 5 rings (SSSR count). The lowest BCUT2D eigenvalue weighted by atomic mass is 10.1. The molecular formula is C21H25N5O. The second-order valence-electron chi connectivity index (χ2n) is 8.00. The number of anilines is 1. The Kier molecular flexibility index (Phi) is 4.28. The van der Waals surface area contributed by atoms with Crippen LogP contribution in [0.4, 0.5) is 5.82 Å². The predicted molar refractivity (Wildman–Crippen MR) is 104 cm³/mol. The van der Waals surface area contributed by atoms with Crippen LogP contribution in [0.15, 0.2) is 36.4 Å². The maximum atomic E-state index is 12.3. The van der Waals surface area contributed by atoms with Crippen molar-refractivity contribution >= 4 is 11.7 Å². The van der Waals surface area contributed by atoms with E-state index >= 15 is 0 Å². The molecule has 1 aromatic carbocycles. The molecule has 1 atom stereocenters. The van der Waals surface area contributed by atoms with Gasteiger partial charge in [-0.25, -0.2) is 0 Å². The van der Waals surface area contributed by atoms with Crippen LogP contribution >= 0.6 is 0 Å². The van der Waals surface area contributed by atoms with Crippen LogP contribution in [0.25, 0.3) is 0 Å². The zero-order valence-electron chi connectivity index (χ0n) is 15.5. The van der Waals surface area contributed by atoms with Crippen LogP contribution in [0.3, 0.4) is 0 Å². The first-order chi connectivity index (χ1) is 13.3. The predicted octanol–water partition coefficient (Wildman–Crippen LogP) is 1.86. The molecule has 1 aromatic heterocycles. The Balaban J connectivity index is 1.25. The lowest BCUT2D eigenvalue weighted by Gasteiger charge is -2.38. The molecule has 3 heterocycles. The van der Waals surface area contributed by atoms with Crippen molar-refractivity contribution in [2.24, 2.45) is 5.92 Å². The van der Waals surface area contributed by atoms with Gasteiger partial charge in [-0.15, -0.1) is 10.2 Å². The van der Waals surface area contributed by atoms with Gasteiger partial charge in [0.25, 0.3) is 5.91 Å². The summed E-state index contributed by atoms with van der Waals surface area (Å²) < 4.78 is 0. The average Bonchev–Trinajstić information content (AvgIpc) is 3.45. The lowest BCUT2D eigenvalue weighted by Crippen LogP contribution is -2.51. The number of piperazine rings is 1. The largest absolute Gasteiger partial charge is 0.350 e. The second kappa shape index (κ2) is 6.93. The summed E-state index contributed by atoms with van der Waals surface area (Å²) in [5.41, 5.74) is 2.97. The molecule has 0 radical (unpaired) electrons. The third-order valence-corrected chi connectivity index (χ3v) is 5.87. The van der Waals surface area contributed by atoms with Crippen LogP contribution in [-0.2, 0) is 13.0 Å². The van der Waals surface area contributed by atoms with Gasteiger partial charge in [0, 0.05) is 44.3 Å². The molecule has 1 unspecified atom stereocenters. The van der Waals surface area contributed by atoms with Gasteiger partial charge in [0.15, 0.2) is 11.5 Å². The van der Waals surface area contributed by atoms with Crippen molar-refractivity contribution in [3.05, 3.63) is 53.2 Å². The van der Waals surface area contributed by atoms with E-state index in [9.17, 15) is 4.79 Å². The Morgan fingerprint density at radius 3 is 2.81 bits per heavy atom. The zero-order chi connectivity index (χ0) is 18.2. The Hall–Kier alpha value is -2.47. The fourth-order valence-electron chi connectivity index (χ4n) is 4.19. The molecule has 6 heteroatoms. The minimum Gasteiger partial charge on any atom is -0.350 e. The summed E-state index contributed by atoms with van der Waals surface area (Å²) in [6.45, 7) is 4.76. The topological polar surface area (TPSA) is 61.4 Å². The number of hydrogen-bond acceptors (Lipinski definition) is 5. The van der Waals surface area contributed by atoms with Crippen molar-refractivity contribution in [1.29, 1.82) is 0 Å². The Labute approximate surface area is 159 Å². The molecule has 1 saturated heterocycles. The van der Waals surface area contributed by atoms with Gasteiger partial charge in [0.2, 0.25) is 0 Å². The summed E-state index contributed by atoms with van der Waals surface area (Å²) in [5, 5.41) is 11.6. The molecule has 2 fully saturated rings. The first-order valence-electron chi connectivity index (χ1n) is 9.94. The van der Waals surface area contributed by atoms with E-state index in [0.29, 0.717) is 17.7 Å². The van der Waals surface area contributed by atoms with E-state index in [1.807, 2.05) is 6.07 Å². The zero-order valence-corrected chi connectivity index (χ0v) is 15.5. The number of nitrogens with zero attached hydrogens (tertiary/aromatic N) is 4. The van der Waals surface area contributed by atoms with E-state index in [4.69, 9.17) is 0 Å². The van der Waals surface area contributed by atoms with Gasteiger partial charge in [0.1, 0.15) is 0 Å². The normalized spacial score (nSPS) is 21.6. The Morgan fingerprint density at radius 2 is 2.00 bits per heavy atom. The number of fused-ring (bicyclic) bond motifs is 3. The van der Waals surface area contributed by atoms with Gasteiger partial charge in [-0.05, 0) is 36.8 Å². The molecule has 6 nitrogen and oxygen atoms in total. The van der Waals surface area contributed by atoms with Crippen molar-refractivity contribution < 1.29 is 4.79 Å². The number of benzene rings is 1. The highest BCUT2D eigenvalue weighted by atomic mass is 16.1. The SMILES string of the molecule is O=C(NCC1CC1)c1cc2c(nn1)N1CCN(Cc3ccccc3)CC1C2. The van der Waals surface area contributed by atoms with Crippen molar-refractivity contribution in [2.75, 3.05) is 31.1 Å². The smallest absolute Gasteiger partial charge is 0.271 e. The fraction of sp³-hybridized carbons (Fsp3) is 0.476. The first kappa shape index (κ1) is 16.7. The minimum atomic E-state index is -0.0900. The van der Waals surface area contributed by atoms with Crippen LogP contribution in [0.2, 0.25) is 0 Å². The van der Waals surface area contributed by atoms with E-state index in [0.717, 1.165) is 50.5 Å². The van der Waals surface area contributed by atoms with Crippen LogP contribution in [-0.4, -0.2) is 53.2 Å². The second-order valence-corrected chi connectivity index (χ2v) is 8.00. The molecule has 1 N–H and O–H groups in total. The van der Waals surface area contributed by atoms with Crippen molar-refractivity contribution in [2.45, 2.75) is 31.8 Å². The molecule has 0 spiro atoms. The monoisotopic (exact) mass is 363 g/mol. The molecular weight excluding hydrogens is 338 g/mol. The van der Waals surface area contributed by atoms with Crippen molar-refractivity contribution in [3.63, 3.8) is 0 Å². The first-order valence-corrected chi connectivity index (χ1v) is 9.94. The van der Waals surface area contributed by atoms with E-state index in [1.54, 1.807) is 0 Å². The highest BCUT2D eigenvalue weighted by Crippen LogP contribution is 2.32. The number of carbonyl (C=O) groups is 1. The number of carbonyl (C=O) groups excluding carboxylic acids is 1. The molecule has 2 aliphatic heterocycles. The number of aromatic nitrogens is 2. The molecule has 3 aliphatic rings. The lowest BCUT2D eigenvalue weighted by molar-refractivity contribution is 0.0945. The summed E-state index contributed by atoms with van der Waals surface area (Å²) in [7, 11) is 0. The summed E-state index contributed by atoms with van der Waals surface area (Å²) in [6.07, 6.45) is 3.40. The van der Waals surface area contributed by atoms with Gasteiger partial charge in [-0.3, -0.25) is 9.69 Å². The summed E-state index contributed by atoms with van der Waals surface area (Å²) in [6, 6.07) is 13.0. The maximum Gasteiger partial charge on any atom is 0.271 e. The van der Waals surface area contributed by atoms with Gasteiger partial charge in [0.05, 0.1) is 0 Å². The van der Waals surface area contributed by atoms with E-state index in [1.165, 1.54) is 18.4 Å². The molecule has 27 heavy (non-hydrogen) atoms. The van der Waals surface area contributed by atoms with Gasteiger partial charge >= 0.3 is 0 Å². The standard InChI is InChI=1S/C21H25N5O/c27-21(22-12-15-6-7-15)19-11-17-10-18-14-25(13-16-4-2-1-3-5-16)8-9-26(18)20(17)24-23-19/h1-5,11,15,18H,6-10,12-14H2,(H,22,27).